The van der Waals surface area contributed by atoms with E-state index in [1.807, 2.05) is 0 Å². The molecule has 0 aromatic heterocycles. The molecule has 0 aliphatic carbocycles. The lowest BCUT2D eigenvalue weighted by Gasteiger charge is -2.26. The molecule has 1 N–H and O–H groups in total. The lowest BCUT2D eigenvalue weighted by molar-refractivity contribution is 0.364. The third-order valence-electron chi connectivity index (χ3n) is 1.67. The van der Waals surface area contributed by atoms with Gasteiger partial charge in [0.1, 0.15) is 0 Å². The third kappa shape index (κ3) is 5.72. The molecular formula is C9H12Cl2FN3O2S2. The van der Waals surface area contributed by atoms with Crippen LogP contribution in [0.5, 0.6) is 0 Å². The number of para-hydroxylation sites is 1. The summed E-state index contributed by atoms with van der Waals surface area (Å²) in [7, 11) is -1.08. The highest BCUT2D eigenvalue weighted by Crippen LogP contribution is 2.41. The second-order valence-corrected chi connectivity index (χ2v) is 8.11. The fraction of sp³-hybridized carbons (Fsp3) is 0.333. The number of hydrazine groups is 1. The maximum Gasteiger partial charge on any atom is 0.324 e. The molecule has 0 saturated heterocycles. The summed E-state index contributed by atoms with van der Waals surface area (Å²) in [5.41, 5.74) is 0.213. The average Bonchev–Trinajstić information content (AvgIpc) is 2.24. The Balaban J connectivity index is 3.14. The van der Waals surface area contributed by atoms with E-state index in [0.29, 0.717) is 3.71 Å². The summed E-state index contributed by atoms with van der Waals surface area (Å²) in [6.45, 7) is 0. The molecule has 0 aliphatic rings. The highest BCUT2D eigenvalue weighted by Gasteiger charge is 2.35. The summed E-state index contributed by atoms with van der Waals surface area (Å²) in [5.74, 6) is 0. The van der Waals surface area contributed by atoms with Gasteiger partial charge in [0.2, 0.25) is 0 Å². The zero-order valence-electron chi connectivity index (χ0n) is 10.0. The molecule has 0 atom stereocenters. The van der Waals surface area contributed by atoms with Gasteiger partial charge in [-0.3, -0.25) is 0 Å². The molecule has 0 saturated carbocycles. The lowest BCUT2D eigenvalue weighted by atomic mass is 10.3. The van der Waals surface area contributed by atoms with E-state index in [1.165, 1.54) is 31.2 Å². The van der Waals surface area contributed by atoms with E-state index in [4.69, 9.17) is 23.2 Å². The van der Waals surface area contributed by atoms with Crippen LogP contribution in [0.1, 0.15) is 0 Å². The van der Waals surface area contributed by atoms with Gasteiger partial charge in [0.15, 0.2) is 0 Å². The maximum absolute atomic E-state index is 13.3. The molecule has 10 heteroatoms. The van der Waals surface area contributed by atoms with E-state index in [-0.39, 0.29) is 17.6 Å². The summed E-state index contributed by atoms with van der Waals surface area (Å²) in [4.78, 5) is 2.17. The van der Waals surface area contributed by atoms with E-state index in [9.17, 15) is 12.8 Å². The van der Waals surface area contributed by atoms with Gasteiger partial charge in [-0.05, 0) is 12.1 Å². The van der Waals surface area contributed by atoms with Crippen LogP contribution in [0.3, 0.4) is 0 Å². The van der Waals surface area contributed by atoms with Crippen LogP contribution in [-0.4, -0.2) is 31.4 Å². The van der Waals surface area contributed by atoms with Crippen LogP contribution in [0.4, 0.5) is 10.1 Å². The van der Waals surface area contributed by atoms with Crippen LogP contribution in [-0.2, 0) is 10.2 Å². The monoisotopic (exact) mass is 347 g/mol. The van der Waals surface area contributed by atoms with Gasteiger partial charge in [-0.15, -0.1) is 4.83 Å². The standard InChI is InChI=1S/C9H12Cl2FN3O2S2/c1-14(2)13-19(16,17)15(18-9(10,11)12)8-6-4-3-5-7-8/h3-7,13H,1-2H3. The smallest absolute Gasteiger partial charge is 0.235 e. The van der Waals surface area contributed by atoms with Crippen molar-refractivity contribution in [3.8, 4) is 0 Å². The highest BCUT2D eigenvalue weighted by molar-refractivity contribution is 8.16. The SMILES string of the molecule is CN(C)NS(=O)(=O)N(SC(F)(Cl)Cl)c1ccccc1. The van der Waals surface area contributed by atoms with Crippen molar-refractivity contribution in [1.29, 1.82) is 0 Å². The maximum atomic E-state index is 13.3. The van der Waals surface area contributed by atoms with Gasteiger partial charge in [-0.25, -0.2) is 5.01 Å². The molecule has 0 fully saturated rings. The van der Waals surface area contributed by atoms with Crippen molar-refractivity contribution in [3.05, 3.63) is 30.3 Å². The molecule has 0 radical (unpaired) electrons. The molecule has 1 rings (SSSR count). The zero-order chi connectivity index (χ0) is 14.7. The van der Waals surface area contributed by atoms with Crippen molar-refractivity contribution in [1.82, 2.24) is 9.84 Å². The number of hydrogen-bond acceptors (Lipinski definition) is 4. The Bertz CT molecular complexity index is 508. The number of benzene rings is 1. The Kier molecular flexibility index (Phi) is 5.72. The summed E-state index contributed by atoms with van der Waals surface area (Å²) < 4.78 is 35.4. The zero-order valence-corrected chi connectivity index (χ0v) is 13.2. The number of nitrogens with one attached hydrogen (secondary N) is 1. The van der Waals surface area contributed by atoms with Crippen LogP contribution < -0.4 is 8.54 Å². The Morgan fingerprint density at radius 3 is 2.21 bits per heavy atom. The molecule has 0 aliphatic heterocycles. The van der Waals surface area contributed by atoms with Gasteiger partial charge in [-0.2, -0.15) is 16.5 Å². The van der Waals surface area contributed by atoms with Crippen molar-refractivity contribution >= 4 is 51.0 Å². The number of anilines is 1. The van der Waals surface area contributed by atoms with Gasteiger partial charge in [0.05, 0.1) is 5.69 Å². The third-order valence-corrected chi connectivity index (χ3v) is 4.72. The van der Waals surface area contributed by atoms with Crippen LogP contribution >= 0.6 is 35.1 Å². The largest absolute Gasteiger partial charge is 0.324 e. The van der Waals surface area contributed by atoms with Crippen molar-refractivity contribution in [3.63, 3.8) is 0 Å². The first kappa shape index (κ1) is 16.8. The van der Waals surface area contributed by atoms with Crippen molar-refractivity contribution in [2.75, 3.05) is 17.8 Å². The molecule has 5 nitrogen and oxygen atoms in total. The molecule has 1 aromatic carbocycles. The summed E-state index contributed by atoms with van der Waals surface area (Å²) >= 11 is 10.6. The minimum atomic E-state index is -4.04. The molecular weight excluding hydrogens is 336 g/mol. The summed E-state index contributed by atoms with van der Waals surface area (Å²) in [6.07, 6.45) is 0. The molecule has 0 bridgehead atoms. The fourth-order valence-corrected chi connectivity index (χ4v) is 3.96. The first-order chi connectivity index (χ1) is 8.62. The molecule has 0 amide bonds. The molecule has 0 heterocycles. The van der Waals surface area contributed by atoms with Gasteiger partial charge in [0.25, 0.3) is 0 Å². The number of rotatable bonds is 6. The van der Waals surface area contributed by atoms with Crippen LogP contribution in [0.25, 0.3) is 0 Å². The quantitative estimate of drug-likeness (QED) is 0.488. The van der Waals surface area contributed by atoms with E-state index >= 15 is 0 Å². The van der Waals surface area contributed by atoms with Crippen molar-refractivity contribution < 1.29 is 12.8 Å². The lowest BCUT2D eigenvalue weighted by Crippen LogP contribution is -2.44. The topological polar surface area (TPSA) is 52.7 Å². The van der Waals surface area contributed by atoms with Crippen LogP contribution in [0, 0.1) is 0 Å². The second kappa shape index (κ2) is 6.47. The predicted octanol–water partition coefficient (Wildman–Crippen LogP) is 2.51. The van der Waals surface area contributed by atoms with Crippen molar-refractivity contribution in [2.45, 2.75) is 3.92 Å². The van der Waals surface area contributed by atoms with Crippen molar-refractivity contribution in [2.24, 2.45) is 0 Å². The van der Waals surface area contributed by atoms with E-state index in [2.05, 4.69) is 4.83 Å². The van der Waals surface area contributed by atoms with Gasteiger partial charge in [-0.1, -0.05) is 41.4 Å². The number of alkyl halides is 3. The van der Waals surface area contributed by atoms with Gasteiger partial charge in [0, 0.05) is 26.0 Å². The highest BCUT2D eigenvalue weighted by atomic mass is 35.5. The second-order valence-electron chi connectivity index (χ2n) is 3.59. The molecule has 0 unspecified atom stereocenters. The van der Waals surface area contributed by atoms with Crippen LogP contribution in [0.15, 0.2) is 30.3 Å². The first-order valence-electron chi connectivity index (χ1n) is 4.93. The van der Waals surface area contributed by atoms with Gasteiger partial charge >= 0.3 is 14.1 Å². The number of hydrogen-bond donors (Lipinski definition) is 1. The Labute approximate surface area is 125 Å². The Morgan fingerprint density at radius 2 is 1.79 bits per heavy atom. The predicted molar refractivity (Wildman–Crippen MR) is 77.8 cm³/mol. The van der Waals surface area contributed by atoms with Gasteiger partial charge < -0.3 is 0 Å². The minimum Gasteiger partial charge on any atom is -0.235 e. The summed E-state index contributed by atoms with van der Waals surface area (Å²) in [6, 6.07) is 7.89. The number of nitrogens with zero attached hydrogens (tertiary/aromatic N) is 2. The van der Waals surface area contributed by atoms with E-state index in [1.54, 1.807) is 18.2 Å². The summed E-state index contributed by atoms with van der Waals surface area (Å²) in [5, 5.41) is 1.20. The molecule has 19 heavy (non-hydrogen) atoms. The van der Waals surface area contributed by atoms with E-state index in [0.717, 1.165) is 0 Å². The number of halogens is 3. The average molecular weight is 348 g/mol. The van der Waals surface area contributed by atoms with Crippen LogP contribution in [0.2, 0.25) is 0 Å². The Morgan fingerprint density at radius 1 is 1.26 bits per heavy atom. The first-order valence-corrected chi connectivity index (χ1v) is 7.90. The molecule has 108 valence electrons. The molecule has 0 spiro atoms. The molecule has 1 aromatic rings. The Hall–Kier alpha value is -0.250. The normalized spacial score (nSPS) is 12.7. The van der Waals surface area contributed by atoms with E-state index < -0.39 is 14.1 Å². The fourth-order valence-electron chi connectivity index (χ4n) is 1.15. The minimum absolute atomic E-state index is 0.124.